The predicted octanol–water partition coefficient (Wildman–Crippen LogP) is -0.564. The lowest BCUT2D eigenvalue weighted by Gasteiger charge is -2.21. The number of esters is 1. The molecule has 0 aliphatic carbocycles. The van der Waals surface area contributed by atoms with Crippen LogP contribution >= 0.6 is 0 Å². The fourth-order valence-electron chi connectivity index (χ4n) is 1.62. The van der Waals surface area contributed by atoms with Crippen molar-refractivity contribution >= 4 is 5.97 Å². The number of carbonyl (C=O) groups is 1. The molecule has 5 heteroatoms. The van der Waals surface area contributed by atoms with E-state index < -0.39 is 5.54 Å². The van der Waals surface area contributed by atoms with Gasteiger partial charge < -0.3 is 19.9 Å². The van der Waals surface area contributed by atoms with E-state index in [1.165, 1.54) is 0 Å². The average Bonchev–Trinajstić information content (AvgIpc) is 2.76. The quantitative estimate of drug-likeness (QED) is 0.606. The van der Waals surface area contributed by atoms with Crippen LogP contribution in [-0.4, -0.2) is 44.0 Å². The molecule has 2 atom stereocenters. The van der Waals surface area contributed by atoms with Gasteiger partial charge in [0.05, 0.1) is 19.8 Å². The molecular formula is C9H15NO4. The van der Waals surface area contributed by atoms with Gasteiger partial charge in [-0.05, 0) is 0 Å². The monoisotopic (exact) mass is 201 g/mol. The predicted molar refractivity (Wildman–Crippen MR) is 47.7 cm³/mol. The van der Waals surface area contributed by atoms with E-state index in [1.54, 1.807) is 0 Å². The lowest BCUT2D eigenvalue weighted by atomic mass is 10.0. The summed E-state index contributed by atoms with van der Waals surface area (Å²) < 4.78 is 15.4. The molecule has 0 bridgehead atoms. The van der Waals surface area contributed by atoms with Crippen LogP contribution in [0.1, 0.15) is 12.8 Å². The van der Waals surface area contributed by atoms with Crippen LogP contribution in [-0.2, 0) is 19.0 Å². The highest BCUT2D eigenvalue weighted by atomic mass is 16.6. The summed E-state index contributed by atoms with van der Waals surface area (Å²) in [5, 5.41) is 0. The van der Waals surface area contributed by atoms with E-state index in [2.05, 4.69) is 0 Å². The van der Waals surface area contributed by atoms with Gasteiger partial charge in [-0.1, -0.05) is 0 Å². The molecule has 0 aromatic carbocycles. The highest BCUT2D eigenvalue weighted by Gasteiger charge is 2.41. The SMILES string of the molecule is NC1(C(=O)OC2CCOC2)CCOC1. The summed E-state index contributed by atoms with van der Waals surface area (Å²) >= 11 is 0. The molecule has 2 unspecified atom stereocenters. The van der Waals surface area contributed by atoms with Gasteiger partial charge in [-0.2, -0.15) is 0 Å². The molecule has 0 aromatic rings. The average molecular weight is 201 g/mol. The lowest BCUT2D eigenvalue weighted by molar-refractivity contribution is -0.155. The molecule has 2 N–H and O–H groups in total. The van der Waals surface area contributed by atoms with E-state index in [-0.39, 0.29) is 18.7 Å². The van der Waals surface area contributed by atoms with E-state index in [0.29, 0.717) is 26.2 Å². The van der Waals surface area contributed by atoms with Crippen molar-refractivity contribution in [2.24, 2.45) is 5.73 Å². The van der Waals surface area contributed by atoms with Gasteiger partial charge in [0.25, 0.3) is 0 Å². The molecule has 14 heavy (non-hydrogen) atoms. The number of nitrogens with two attached hydrogens (primary N) is 1. The Balaban J connectivity index is 1.87. The minimum atomic E-state index is -0.928. The lowest BCUT2D eigenvalue weighted by Crippen LogP contribution is -2.50. The van der Waals surface area contributed by atoms with Crippen molar-refractivity contribution in [2.45, 2.75) is 24.5 Å². The maximum Gasteiger partial charge on any atom is 0.328 e. The number of carbonyl (C=O) groups excluding carboxylic acids is 1. The van der Waals surface area contributed by atoms with E-state index >= 15 is 0 Å². The minimum Gasteiger partial charge on any atom is -0.458 e. The molecule has 2 saturated heterocycles. The Labute approximate surface area is 82.5 Å². The van der Waals surface area contributed by atoms with Gasteiger partial charge >= 0.3 is 5.97 Å². The third-order valence-electron chi connectivity index (χ3n) is 2.62. The molecule has 2 fully saturated rings. The third-order valence-corrected chi connectivity index (χ3v) is 2.62. The molecule has 2 aliphatic heterocycles. The molecule has 0 amide bonds. The van der Waals surface area contributed by atoms with Crippen LogP contribution in [0.15, 0.2) is 0 Å². The first-order valence-electron chi connectivity index (χ1n) is 4.86. The smallest absolute Gasteiger partial charge is 0.328 e. The van der Waals surface area contributed by atoms with Crippen molar-refractivity contribution in [2.75, 3.05) is 26.4 Å². The summed E-state index contributed by atoms with van der Waals surface area (Å²) in [5.41, 5.74) is 4.91. The first-order chi connectivity index (χ1) is 6.71. The molecule has 2 aliphatic rings. The second-order valence-corrected chi connectivity index (χ2v) is 3.85. The Morgan fingerprint density at radius 1 is 1.43 bits per heavy atom. The Morgan fingerprint density at radius 3 is 2.86 bits per heavy atom. The van der Waals surface area contributed by atoms with Gasteiger partial charge in [0.2, 0.25) is 0 Å². The summed E-state index contributed by atoms with van der Waals surface area (Å²) in [6.45, 7) is 1.95. The van der Waals surface area contributed by atoms with Crippen LogP contribution in [0.4, 0.5) is 0 Å². The Kier molecular flexibility index (Phi) is 2.71. The maximum atomic E-state index is 11.6. The third kappa shape index (κ3) is 1.89. The zero-order valence-corrected chi connectivity index (χ0v) is 8.03. The molecule has 0 spiro atoms. The summed E-state index contributed by atoms with van der Waals surface area (Å²) in [4.78, 5) is 11.6. The molecule has 0 saturated carbocycles. The van der Waals surface area contributed by atoms with Crippen LogP contribution in [0, 0.1) is 0 Å². The van der Waals surface area contributed by atoms with Crippen molar-refractivity contribution in [3.8, 4) is 0 Å². The van der Waals surface area contributed by atoms with E-state index in [1.807, 2.05) is 0 Å². The van der Waals surface area contributed by atoms with Crippen molar-refractivity contribution in [3.63, 3.8) is 0 Å². The molecule has 2 rings (SSSR count). The van der Waals surface area contributed by atoms with Crippen molar-refractivity contribution in [3.05, 3.63) is 0 Å². The zero-order chi connectivity index (χ0) is 10.0. The fourth-order valence-corrected chi connectivity index (χ4v) is 1.62. The Morgan fingerprint density at radius 2 is 2.29 bits per heavy atom. The first-order valence-corrected chi connectivity index (χ1v) is 4.86. The van der Waals surface area contributed by atoms with Crippen molar-refractivity contribution in [1.82, 2.24) is 0 Å². The molecule has 5 nitrogen and oxygen atoms in total. The van der Waals surface area contributed by atoms with Crippen LogP contribution in [0.2, 0.25) is 0 Å². The van der Waals surface area contributed by atoms with Crippen LogP contribution in [0.5, 0.6) is 0 Å². The van der Waals surface area contributed by atoms with E-state index in [4.69, 9.17) is 19.9 Å². The molecule has 2 heterocycles. The maximum absolute atomic E-state index is 11.6. The van der Waals surface area contributed by atoms with Crippen LogP contribution in [0.3, 0.4) is 0 Å². The van der Waals surface area contributed by atoms with Gasteiger partial charge in [-0.25, -0.2) is 4.79 Å². The van der Waals surface area contributed by atoms with Crippen molar-refractivity contribution < 1.29 is 19.0 Å². The van der Waals surface area contributed by atoms with Gasteiger partial charge in [0, 0.05) is 19.4 Å². The second kappa shape index (κ2) is 3.84. The summed E-state index contributed by atoms with van der Waals surface area (Å²) in [6.07, 6.45) is 1.19. The molecule has 0 aromatic heterocycles. The Hall–Kier alpha value is -0.650. The number of hydrogen-bond acceptors (Lipinski definition) is 5. The molecule has 0 radical (unpaired) electrons. The first kappa shape index (κ1) is 9.89. The normalized spacial score (nSPS) is 37.4. The summed E-state index contributed by atoms with van der Waals surface area (Å²) in [5.74, 6) is -0.356. The zero-order valence-electron chi connectivity index (χ0n) is 8.03. The number of ether oxygens (including phenoxy) is 3. The molecular weight excluding hydrogens is 186 g/mol. The number of rotatable bonds is 2. The van der Waals surface area contributed by atoms with Crippen LogP contribution < -0.4 is 5.73 Å². The fraction of sp³-hybridized carbons (Fsp3) is 0.889. The van der Waals surface area contributed by atoms with Gasteiger partial charge in [-0.15, -0.1) is 0 Å². The number of hydrogen-bond donors (Lipinski definition) is 1. The highest BCUT2D eigenvalue weighted by molar-refractivity contribution is 5.81. The van der Waals surface area contributed by atoms with Crippen LogP contribution in [0.25, 0.3) is 0 Å². The highest BCUT2D eigenvalue weighted by Crippen LogP contribution is 2.19. The van der Waals surface area contributed by atoms with Crippen molar-refractivity contribution in [1.29, 1.82) is 0 Å². The van der Waals surface area contributed by atoms with E-state index in [0.717, 1.165) is 6.42 Å². The van der Waals surface area contributed by atoms with Gasteiger partial charge in [0.15, 0.2) is 0 Å². The minimum absolute atomic E-state index is 0.122. The van der Waals surface area contributed by atoms with Gasteiger partial charge in [0.1, 0.15) is 11.6 Å². The van der Waals surface area contributed by atoms with Gasteiger partial charge in [-0.3, -0.25) is 0 Å². The molecule has 80 valence electrons. The summed E-state index contributed by atoms with van der Waals surface area (Å²) in [7, 11) is 0. The topological polar surface area (TPSA) is 70.8 Å². The van der Waals surface area contributed by atoms with E-state index in [9.17, 15) is 4.79 Å². The second-order valence-electron chi connectivity index (χ2n) is 3.85. The standard InChI is InChI=1S/C9H15NO4/c10-9(2-4-13-6-9)8(11)14-7-1-3-12-5-7/h7H,1-6,10H2. The Bertz CT molecular complexity index is 219. The summed E-state index contributed by atoms with van der Waals surface area (Å²) in [6, 6.07) is 0. The largest absolute Gasteiger partial charge is 0.458 e.